The van der Waals surface area contributed by atoms with Gasteiger partial charge in [0.2, 0.25) is 21.8 Å². The minimum absolute atomic E-state index is 0.0776. The van der Waals surface area contributed by atoms with Gasteiger partial charge in [-0.25, -0.2) is 8.42 Å². The Hall–Kier alpha value is -2.46. The summed E-state index contributed by atoms with van der Waals surface area (Å²) in [6.45, 7) is 3.98. The third-order valence-corrected chi connectivity index (χ3v) is 8.51. The van der Waals surface area contributed by atoms with Crippen LogP contribution in [-0.2, 0) is 26.0 Å². The Kier molecular flexibility index (Phi) is 9.52. The predicted molar refractivity (Wildman–Crippen MR) is 139 cm³/mol. The number of hydrogen-bond donors (Lipinski definition) is 3. The summed E-state index contributed by atoms with van der Waals surface area (Å²) in [4.78, 5) is 24.3. The van der Waals surface area contributed by atoms with Gasteiger partial charge in [0.25, 0.3) is 0 Å². The Morgan fingerprint density at radius 1 is 1.11 bits per heavy atom. The minimum Gasteiger partial charge on any atom is -0.390 e. The van der Waals surface area contributed by atoms with Crippen molar-refractivity contribution >= 4 is 33.4 Å². The van der Waals surface area contributed by atoms with E-state index in [0.717, 1.165) is 5.56 Å². The number of hydrogen-bond acceptors (Lipinski definition) is 5. The van der Waals surface area contributed by atoms with Crippen LogP contribution in [0.5, 0.6) is 0 Å². The summed E-state index contributed by atoms with van der Waals surface area (Å²) >= 11 is 5.94. The average Bonchev–Trinajstić information content (AvgIpc) is 3.63. The van der Waals surface area contributed by atoms with Gasteiger partial charge in [-0.2, -0.15) is 4.31 Å². The first-order chi connectivity index (χ1) is 17.0. The number of carbonyl (C=O) groups is 2. The second kappa shape index (κ2) is 12.2. The van der Waals surface area contributed by atoms with E-state index in [2.05, 4.69) is 5.32 Å². The zero-order chi connectivity index (χ0) is 26.5. The summed E-state index contributed by atoms with van der Waals surface area (Å²) < 4.78 is 28.2. The van der Waals surface area contributed by atoms with Crippen LogP contribution in [0.4, 0.5) is 0 Å². The van der Waals surface area contributed by atoms with Crippen LogP contribution < -0.4 is 11.1 Å². The quantitative estimate of drug-likeness (QED) is 0.363. The predicted octanol–water partition coefficient (Wildman–Crippen LogP) is 2.59. The van der Waals surface area contributed by atoms with Crippen LogP contribution >= 0.6 is 11.6 Å². The Morgan fingerprint density at radius 2 is 1.75 bits per heavy atom. The summed E-state index contributed by atoms with van der Waals surface area (Å²) in [5, 5.41) is 14.5. The second-order valence-electron chi connectivity index (χ2n) is 9.72. The van der Waals surface area contributed by atoms with Crippen LogP contribution in [0, 0.1) is 17.8 Å². The number of sulfonamides is 1. The number of primary amides is 1. The van der Waals surface area contributed by atoms with Gasteiger partial charge in [0.05, 0.1) is 28.9 Å². The third-order valence-electron chi connectivity index (χ3n) is 6.38. The van der Waals surface area contributed by atoms with E-state index in [1.165, 1.54) is 28.6 Å². The van der Waals surface area contributed by atoms with Crippen molar-refractivity contribution in [1.82, 2.24) is 9.62 Å². The van der Waals surface area contributed by atoms with E-state index < -0.39 is 39.9 Å². The molecule has 0 radical (unpaired) electrons. The SMILES string of the molecule is CC(C)CCN(C[C@@H](O)[C@H](Cc1ccccc1)NC(=O)C1CC1C(N)=O)S(=O)(=O)c1ccc(Cl)cc1. The fourth-order valence-corrected chi connectivity index (χ4v) is 5.64. The van der Waals surface area contributed by atoms with Gasteiger partial charge in [0.15, 0.2) is 0 Å². The highest BCUT2D eigenvalue weighted by molar-refractivity contribution is 7.89. The Balaban J connectivity index is 1.83. The number of benzene rings is 2. The number of aliphatic hydroxyl groups excluding tert-OH is 1. The monoisotopic (exact) mass is 535 g/mol. The van der Waals surface area contributed by atoms with Gasteiger partial charge in [-0.05, 0) is 55.0 Å². The number of aliphatic hydroxyl groups is 1. The molecule has 1 fully saturated rings. The molecule has 1 saturated carbocycles. The molecule has 196 valence electrons. The number of rotatable bonds is 13. The summed E-state index contributed by atoms with van der Waals surface area (Å²) in [6.07, 6.45) is 0.0632. The van der Waals surface area contributed by atoms with Gasteiger partial charge in [-0.1, -0.05) is 55.8 Å². The summed E-state index contributed by atoms with van der Waals surface area (Å²) in [5.74, 6) is -1.68. The first kappa shape index (κ1) is 28.1. The standard InChI is InChI=1S/C26H34ClN3O5S/c1-17(2)12-13-30(36(34,35)20-10-8-19(27)9-11-20)16-24(31)23(14-18-6-4-3-5-7-18)29-26(33)22-15-21(22)25(28)32/h3-11,17,21-24,31H,12-16H2,1-2H3,(H2,28,32)(H,29,33)/t21?,22?,23-,24+/m0/s1. The van der Waals surface area contributed by atoms with E-state index in [4.69, 9.17) is 17.3 Å². The molecule has 10 heteroatoms. The molecular formula is C26H34ClN3O5S. The highest BCUT2D eigenvalue weighted by Crippen LogP contribution is 2.38. The first-order valence-corrected chi connectivity index (χ1v) is 13.9. The molecule has 3 rings (SSSR count). The summed E-state index contributed by atoms with van der Waals surface area (Å²) in [6, 6.07) is 14.4. The van der Waals surface area contributed by atoms with Crippen LogP contribution in [0.3, 0.4) is 0 Å². The van der Waals surface area contributed by atoms with E-state index in [1.807, 2.05) is 44.2 Å². The normalized spacial score (nSPS) is 19.2. The number of amides is 2. The molecule has 0 aliphatic heterocycles. The lowest BCUT2D eigenvalue weighted by Crippen LogP contribution is -2.51. The smallest absolute Gasteiger partial charge is 0.243 e. The van der Waals surface area contributed by atoms with Crippen molar-refractivity contribution in [2.45, 2.75) is 50.2 Å². The fourth-order valence-electron chi connectivity index (χ4n) is 4.04. The van der Waals surface area contributed by atoms with Crippen molar-refractivity contribution in [3.8, 4) is 0 Å². The molecule has 4 atom stereocenters. The molecule has 8 nitrogen and oxygen atoms in total. The molecule has 2 amide bonds. The maximum absolute atomic E-state index is 13.5. The van der Waals surface area contributed by atoms with Gasteiger partial charge in [0.1, 0.15) is 0 Å². The molecule has 0 heterocycles. The lowest BCUT2D eigenvalue weighted by Gasteiger charge is -2.30. The van der Waals surface area contributed by atoms with Gasteiger partial charge in [-0.3, -0.25) is 9.59 Å². The molecular weight excluding hydrogens is 502 g/mol. The number of nitrogens with zero attached hydrogens (tertiary/aromatic N) is 1. The van der Waals surface area contributed by atoms with Crippen LogP contribution in [-0.4, -0.2) is 54.9 Å². The van der Waals surface area contributed by atoms with Crippen molar-refractivity contribution in [2.24, 2.45) is 23.5 Å². The molecule has 36 heavy (non-hydrogen) atoms. The number of carbonyl (C=O) groups excluding carboxylic acids is 2. The minimum atomic E-state index is -3.93. The zero-order valence-electron chi connectivity index (χ0n) is 20.5. The molecule has 2 aromatic rings. The van der Waals surface area contributed by atoms with Gasteiger partial charge >= 0.3 is 0 Å². The van der Waals surface area contributed by atoms with E-state index in [0.29, 0.717) is 24.3 Å². The second-order valence-corrected chi connectivity index (χ2v) is 12.1. The largest absolute Gasteiger partial charge is 0.390 e. The van der Waals surface area contributed by atoms with Gasteiger partial charge in [0, 0.05) is 18.1 Å². The maximum atomic E-state index is 13.5. The Bertz CT molecular complexity index is 1140. The molecule has 1 aliphatic rings. The molecule has 2 unspecified atom stereocenters. The van der Waals surface area contributed by atoms with Crippen molar-refractivity contribution in [1.29, 1.82) is 0 Å². The summed E-state index contributed by atoms with van der Waals surface area (Å²) in [7, 11) is -3.93. The fraction of sp³-hybridized carbons (Fsp3) is 0.462. The van der Waals surface area contributed by atoms with Crippen molar-refractivity contribution in [3.05, 3.63) is 65.2 Å². The number of nitrogens with two attached hydrogens (primary N) is 1. The van der Waals surface area contributed by atoms with Crippen LogP contribution in [0.25, 0.3) is 0 Å². The van der Waals surface area contributed by atoms with Crippen LogP contribution in [0.15, 0.2) is 59.5 Å². The number of nitrogens with one attached hydrogen (secondary N) is 1. The van der Waals surface area contributed by atoms with Crippen LogP contribution in [0.2, 0.25) is 5.02 Å². The molecule has 2 aromatic carbocycles. The van der Waals surface area contributed by atoms with Crippen molar-refractivity contribution in [2.75, 3.05) is 13.1 Å². The lowest BCUT2D eigenvalue weighted by atomic mass is 10.0. The van der Waals surface area contributed by atoms with Crippen molar-refractivity contribution in [3.63, 3.8) is 0 Å². The highest BCUT2D eigenvalue weighted by Gasteiger charge is 2.47. The van der Waals surface area contributed by atoms with Crippen molar-refractivity contribution < 1.29 is 23.1 Å². The Labute approximate surface area is 217 Å². The van der Waals surface area contributed by atoms with E-state index in [1.54, 1.807) is 0 Å². The van der Waals surface area contributed by atoms with Gasteiger partial charge < -0.3 is 16.2 Å². The molecule has 1 aliphatic carbocycles. The average molecular weight is 536 g/mol. The molecule has 0 spiro atoms. The number of halogens is 1. The highest BCUT2D eigenvalue weighted by atomic mass is 35.5. The third kappa shape index (κ3) is 7.52. The van der Waals surface area contributed by atoms with Crippen LogP contribution in [0.1, 0.15) is 32.3 Å². The molecule has 0 saturated heterocycles. The van der Waals surface area contributed by atoms with E-state index in [-0.39, 0.29) is 29.8 Å². The van der Waals surface area contributed by atoms with E-state index >= 15 is 0 Å². The molecule has 4 N–H and O–H groups in total. The molecule has 0 aromatic heterocycles. The Morgan fingerprint density at radius 3 is 2.31 bits per heavy atom. The first-order valence-electron chi connectivity index (χ1n) is 12.1. The zero-order valence-corrected chi connectivity index (χ0v) is 22.1. The summed E-state index contributed by atoms with van der Waals surface area (Å²) in [5.41, 5.74) is 6.20. The topological polar surface area (TPSA) is 130 Å². The molecule has 0 bridgehead atoms. The lowest BCUT2D eigenvalue weighted by molar-refractivity contribution is -0.127. The van der Waals surface area contributed by atoms with Gasteiger partial charge in [-0.15, -0.1) is 0 Å². The maximum Gasteiger partial charge on any atom is 0.243 e. The van der Waals surface area contributed by atoms with E-state index in [9.17, 15) is 23.1 Å².